The third-order valence-corrected chi connectivity index (χ3v) is 5.02. The van der Waals surface area contributed by atoms with Crippen LogP contribution in [0.15, 0.2) is 24.3 Å². The lowest BCUT2D eigenvalue weighted by molar-refractivity contribution is -0.166. The summed E-state index contributed by atoms with van der Waals surface area (Å²) in [7, 11) is 3.19. The van der Waals surface area contributed by atoms with Crippen LogP contribution in [0, 0.1) is 11.2 Å². The SMILES string of the molecule is CN(C)C(=O)CCC(=O)N1CC[C@H](O)[C@](Cc2cccc(F)c2)(C(=O)O)C1. The molecule has 1 fully saturated rings. The van der Waals surface area contributed by atoms with E-state index in [9.17, 15) is 29.0 Å². The fourth-order valence-corrected chi connectivity index (χ4v) is 3.36. The molecule has 1 saturated heterocycles. The number of carbonyl (C=O) groups is 3. The van der Waals surface area contributed by atoms with Crippen LogP contribution in [0.2, 0.25) is 0 Å². The van der Waals surface area contributed by atoms with Gasteiger partial charge in [0.1, 0.15) is 11.2 Å². The normalized spacial score (nSPS) is 22.4. The summed E-state index contributed by atoms with van der Waals surface area (Å²) in [4.78, 5) is 39.0. The maximum absolute atomic E-state index is 13.5. The fraction of sp³-hybridized carbons (Fsp3) is 0.526. The van der Waals surface area contributed by atoms with Gasteiger partial charge in [0.25, 0.3) is 0 Å². The predicted molar refractivity (Wildman–Crippen MR) is 95.3 cm³/mol. The monoisotopic (exact) mass is 380 g/mol. The topological polar surface area (TPSA) is 98.2 Å². The van der Waals surface area contributed by atoms with Gasteiger partial charge in [-0.15, -0.1) is 0 Å². The minimum atomic E-state index is -1.62. The summed E-state index contributed by atoms with van der Waals surface area (Å²) < 4.78 is 13.5. The predicted octanol–water partition coefficient (Wildman–Crippen LogP) is 0.901. The number of hydrogen-bond donors (Lipinski definition) is 2. The van der Waals surface area contributed by atoms with Crippen molar-refractivity contribution in [3.63, 3.8) is 0 Å². The van der Waals surface area contributed by atoms with E-state index in [1.807, 2.05) is 0 Å². The highest BCUT2D eigenvalue weighted by Gasteiger charge is 2.50. The number of likely N-dealkylation sites (tertiary alicyclic amines) is 1. The second-order valence-corrected chi connectivity index (χ2v) is 7.18. The van der Waals surface area contributed by atoms with E-state index >= 15 is 0 Å². The number of aliphatic hydroxyl groups is 1. The summed E-state index contributed by atoms with van der Waals surface area (Å²) in [5.41, 5.74) is -1.18. The molecule has 2 rings (SSSR count). The summed E-state index contributed by atoms with van der Waals surface area (Å²) in [5.74, 6) is -2.25. The van der Waals surface area contributed by atoms with Gasteiger partial charge >= 0.3 is 5.97 Å². The molecular formula is C19H25FN2O5. The highest BCUT2D eigenvalue weighted by atomic mass is 19.1. The summed E-state index contributed by atoms with van der Waals surface area (Å²) >= 11 is 0. The standard InChI is InChI=1S/C19H25FN2O5/c1-21(2)16(24)6-7-17(25)22-9-8-15(23)19(12-22,18(26)27)11-13-4-3-5-14(20)10-13/h3-5,10,15,23H,6-9,11-12H2,1-2H3,(H,26,27)/t15-,19+/m0/s1. The van der Waals surface area contributed by atoms with Crippen LogP contribution in [0.4, 0.5) is 4.39 Å². The number of piperidine rings is 1. The van der Waals surface area contributed by atoms with Crippen molar-refractivity contribution in [1.82, 2.24) is 9.80 Å². The first kappa shape index (κ1) is 20.8. The first-order valence-electron chi connectivity index (χ1n) is 8.79. The number of benzene rings is 1. The number of rotatable bonds is 6. The molecule has 27 heavy (non-hydrogen) atoms. The molecule has 0 unspecified atom stereocenters. The van der Waals surface area contributed by atoms with Gasteiger partial charge in [0.05, 0.1) is 6.10 Å². The van der Waals surface area contributed by atoms with Crippen LogP contribution in [0.1, 0.15) is 24.8 Å². The lowest BCUT2D eigenvalue weighted by Gasteiger charge is -2.43. The Labute approximate surface area is 157 Å². The fourth-order valence-electron chi connectivity index (χ4n) is 3.36. The van der Waals surface area contributed by atoms with Crippen molar-refractivity contribution >= 4 is 17.8 Å². The Morgan fingerprint density at radius 3 is 2.59 bits per heavy atom. The lowest BCUT2D eigenvalue weighted by atomic mass is 9.72. The largest absolute Gasteiger partial charge is 0.481 e. The second kappa shape index (κ2) is 8.47. The van der Waals surface area contributed by atoms with Crippen LogP contribution in [0.3, 0.4) is 0 Å². The molecule has 1 aliphatic rings. The number of aliphatic hydroxyl groups excluding tert-OH is 1. The molecular weight excluding hydrogens is 355 g/mol. The zero-order chi connectivity index (χ0) is 20.2. The van der Waals surface area contributed by atoms with Crippen molar-refractivity contribution in [1.29, 1.82) is 0 Å². The Morgan fingerprint density at radius 2 is 2.00 bits per heavy atom. The number of carbonyl (C=O) groups excluding carboxylic acids is 2. The number of halogens is 1. The molecule has 0 spiro atoms. The van der Waals surface area contributed by atoms with Gasteiger partial charge in [-0.3, -0.25) is 14.4 Å². The molecule has 1 aromatic rings. The number of hydrogen-bond acceptors (Lipinski definition) is 4. The van der Waals surface area contributed by atoms with E-state index in [2.05, 4.69) is 0 Å². The van der Waals surface area contributed by atoms with Crippen molar-refractivity contribution in [3.05, 3.63) is 35.6 Å². The summed E-state index contributed by atoms with van der Waals surface area (Å²) in [6.07, 6.45) is -1.14. The van der Waals surface area contributed by atoms with E-state index in [0.717, 1.165) is 0 Å². The average Bonchev–Trinajstić information content (AvgIpc) is 2.60. The first-order chi connectivity index (χ1) is 12.7. The van der Waals surface area contributed by atoms with Crippen LogP contribution >= 0.6 is 0 Å². The quantitative estimate of drug-likeness (QED) is 0.764. The Kier molecular flexibility index (Phi) is 6.54. The zero-order valence-corrected chi connectivity index (χ0v) is 15.5. The average molecular weight is 380 g/mol. The zero-order valence-electron chi connectivity index (χ0n) is 15.5. The van der Waals surface area contributed by atoms with Crippen LogP contribution in [0.25, 0.3) is 0 Å². The molecule has 8 heteroatoms. The molecule has 2 amide bonds. The van der Waals surface area contributed by atoms with E-state index in [0.29, 0.717) is 5.56 Å². The number of amides is 2. The molecule has 148 valence electrons. The molecule has 0 aromatic heterocycles. The van der Waals surface area contributed by atoms with Gasteiger partial charge in [-0.25, -0.2) is 4.39 Å². The maximum atomic E-state index is 13.5. The van der Waals surface area contributed by atoms with E-state index in [1.165, 1.54) is 28.0 Å². The Balaban J connectivity index is 2.17. The molecule has 0 saturated carbocycles. The minimum absolute atomic E-state index is 0.0250. The first-order valence-corrected chi connectivity index (χ1v) is 8.79. The smallest absolute Gasteiger partial charge is 0.314 e. The third kappa shape index (κ3) is 4.82. The summed E-state index contributed by atoms with van der Waals surface area (Å²) in [6, 6.07) is 5.56. The molecule has 0 radical (unpaired) electrons. The van der Waals surface area contributed by atoms with Crippen molar-refractivity contribution in [2.75, 3.05) is 27.2 Å². The maximum Gasteiger partial charge on any atom is 0.314 e. The molecule has 0 aliphatic carbocycles. The summed E-state index contributed by atoms with van der Waals surface area (Å²) in [5, 5.41) is 20.3. The van der Waals surface area contributed by atoms with Gasteiger partial charge in [0.15, 0.2) is 0 Å². The van der Waals surface area contributed by atoms with Crippen molar-refractivity contribution in [2.24, 2.45) is 5.41 Å². The van der Waals surface area contributed by atoms with E-state index in [4.69, 9.17) is 0 Å². The van der Waals surface area contributed by atoms with E-state index in [1.54, 1.807) is 20.2 Å². The van der Waals surface area contributed by atoms with Gasteiger partial charge in [-0.05, 0) is 30.5 Å². The van der Waals surface area contributed by atoms with Gasteiger partial charge in [-0.2, -0.15) is 0 Å². The molecule has 2 atom stereocenters. The van der Waals surface area contributed by atoms with Crippen molar-refractivity contribution in [2.45, 2.75) is 31.8 Å². The Hall–Kier alpha value is -2.48. The molecule has 2 N–H and O–H groups in total. The summed E-state index contributed by atoms with van der Waals surface area (Å²) in [6.45, 7) is 0.0311. The van der Waals surface area contributed by atoms with E-state index in [-0.39, 0.29) is 50.6 Å². The molecule has 1 aromatic carbocycles. The Bertz CT molecular complexity index is 724. The van der Waals surface area contributed by atoms with Crippen LogP contribution in [-0.2, 0) is 20.8 Å². The van der Waals surface area contributed by atoms with Crippen LogP contribution < -0.4 is 0 Å². The highest BCUT2D eigenvalue weighted by molar-refractivity contribution is 5.84. The number of carboxylic acid groups (broad SMARTS) is 1. The van der Waals surface area contributed by atoms with Gasteiger partial charge in [0, 0.05) is 40.0 Å². The van der Waals surface area contributed by atoms with Crippen molar-refractivity contribution in [3.8, 4) is 0 Å². The molecule has 0 bridgehead atoms. The van der Waals surface area contributed by atoms with Gasteiger partial charge in [0.2, 0.25) is 11.8 Å². The van der Waals surface area contributed by atoms with Crippen LogP contribution in [-0.4, -0.2) is 71.1 Å². The van der Waals surface area contributed by atoms with Gasteiger partial charge in [-0.1, -0.05) is 12.1 Å². The molecule has 1 aliphatic heterocycles. The van der Waals surface area contributed by atoms with Crippen LogP contribution in [0.5, 0.6) is 0 Å². The number of carboxylic acids is 1. The second-order valence-electron chi connectivity index (χ2n) is 7.18. The highest BCUT2D eigenvalue weighted by Crippen LogP contribution is 2.35. The number of nitrogens with zero attached hydrogens (tertiary/aromatic N) is 2. The van der Waals surface area contributed by atoms with Crippen molar-refractivity contribution < 1.29 is 29.0 Å². The van der Waals surface area contributed by atoms with Gasteiger partial charge < -0.3 is 20.0 Å². The van der Waals surface area contributed by atoms with E-state index < -0.39 is 23.3 Å². The lowest BCUT2D eigenvalue weighted by Crippen LogP contribution is -2.58. The number of aliphatic carboxylic acids is 1. The molecule has 1 heterocycles. The third-order valence-electron chi connectivity index (χ3n) is 5.02. The molecule has 7 nitrogen and oxygen atoms in total. The Morgan fingerprint density at radius 1 is 1.30 bits per heavy atom. The minimum Gasteiger partial charge on any atom is -0.481 e.